The van der Waals surface area contributed by atoms with Crippen LogP contribution < -0.4 is 10.5 Å². The van der Waals surface area contributed by atoms with Crippen LogP contribution >= 0.6 is 0 Å². The van der Waals surface area contributed by atoms with Crippen LogP contribution in [0.5, 0.6) is 5.75 Å². The zero-order chi connectivity index (χ0) is 27.0. The third-order valence-electron chi connectivity index (χ3n) is 7.70. The number of amides is 1. The second-order valence-corrected chi connectivity index (χ2v) is 11.1. The Bertz CT molecular complexity index is 1450. The molecule has 5 rings (SSSR count). The minimum Gasteiger partial charge on any atom is -0.494 e. The van der Waals surface area contributed by atoms with Crippen molar-refractivity contribution >= 4 is 28.0 Å². The first-order valence-electron chi connectivity index (χ1n) is 13.8. The fourth-order valence-electron chi connectivity index (χ4n) is 5.74. The van der Waals surface area contributed by atoms with Gasteiger partial charge in [-0.3, -0.25) is 4.79 Å². The number of ether oxygens (including phenoxy) is 1. The molecule has 0 bridgehead atoms. The van der Waals surface area contributed by atoms with Gasteiger partial charge in [0.25, 0.3) is 5.91 Å². The Hall–Kier alpha value is -3.39. The molecule has 3 aromatic heterocycles. The number of carbonyl (C=O) groups excluding carboxylic acids is 1. The summed E-state index contributed by atoms with van der Waals surface area (Å²) in [7, 11) is 5.53. The molecular formula is C30H40N6O2. The normalized spacial score (nSPS) is 15.2. The van der Waals surface area contributed by atoms with Crippen LogP contribution in [0, 0.1) is 11.8 Å². The van der Waals surface area contributed by atoms with Crippen LogP contribution in [0.1, 0.15) is 56.3 Å². The number of benzene rings is 1. The molecule has 2 unspecified atom stereocenters. The summed E-state index contributed by atoms with van der Waals surface area (Å²) in [5.41, 5.74) is 10.3. The number of pyridine rings is 1. The van der Waals surface area contributed by atoms with Crippen molar-refractivity contribution in [2.24, 2.45) is 24.6 Å². The molecule has 4 aromatic rings. The number of hydrogen-bond donors (Lipinski definition) is 1. The van der Waals surface area contributed by atoms with Gasteiger partial charge in [-0.05, 0) is 74.8 Å². The number of nitrogens with zero attached hydrogens (tertiary/aromatic N) is 5. The van der Waals surface area contributed by atoms with Crippen LogP contribution in [-0.2, 0) is 13.6 Å². The highest BCUT2D eigenvalue weighted by molar-refractivity contribution is 6.00. The number of fused-ring (bicyclic) bond motifs is 2. The lowest BCUT2D eigenvalue weighted by Gasteiger charge is -2.25. The molecule has 2 atom stereocenters. The molecule has 2 N–H and O–H groups in total. The Labute approximate surface area is 224 Å². The molecule has 38 heavy (non-hydrogen) atoms. The van der Waals surface area contributed by atoms with Crippen molar-refractivity contribution in [2.45, 2.75) is 58.5 Å². The van der Waals surface area contributed by atoms with Crippen LogP contribution in [0.25, 0.3) is 33.6 Å². The van der Waals surface area contributed by atoms with Crippen LogP contribution in [-0.4, -0.2) is 56.7 Å². The Morgan fingerprint density at radius 2 is 2.08 bits per heavy atom. The zero-order valence-electron chi connectivity index (χ0n) is 23.3. The van der Waals surface area contributed by atoms with E-state index in [1.807, 2.05) is 50.3 Å². The van der Waals surface area contributed by atoms with E-state index in [0.29, 0.717) is 29.7 Å². The van der Waals surface area contributed by atoms with Gasteiger partial charge in [-0.25, -0.2) is 9.97 Å². The molecule has 0 aliphatic heterocycles. The first-order valence-corrected chi connectivity index (χ1v) is 13.8. The maximum Gasteiger partial charge on any atom is 0.253 e. The van der Waals surface area contributed by atoms with E-state index in [1.54, 1.807) is 7.11 Å². The van der Waals surface area contributed by atoms with Gasteiger partial charge in [0.05, 0.1) is 18.3 Å². The molecule has 8 nitrogen and oxygen atoms in total. The first kappa shape index (κ1) is 26.2. The zero-order valence-corrected chi connectivity index (χ0v) is 23.3. The third-order valence-corrected chi connectivity index (χ3v) is 7.70. The van der Waals surface area contributed by atoms with E-state index >= 15 is 0 Å². The second kappa shape index (κ2) is 10.8. The Kier molecular flexibility index (Phi) is 7.43. The molecule has 0 radical (unpaired) electrons. The highest BCUT2D eigenvalue weighted by Crippen LogP contribution is 2.37. The van der Waals surface area contributed by atoms with Crippen molar-refractivity contribution < 1.29 is 9.53 Å². The van der Waals surface area contributed by atoms with Crippen LogP contribution in [0.2, 0.25) is 0 Å². The van der Waals surface area contributed by atoms with Crippen molar-refractivity contribution in [3.63, 3.8) is 0 Å². The number of methoxy groups -OCH3 is 1. The molecule has 1 aromatic carbocycles. The Morgan fingerprint density at radius 3 is 2.76 bits per heavy atom. The largest absolute Gasteiger partial charge is 0.494 e. The van der Waals surface area contributed by atoms with Gasteiger partial charge >= 0.3 is 0 Å². The summed E-state index contributed by atoms with van der Waals surface area (Å²) in [6.45, 7) is 5.82. The van der Waals surface area contributed by atoms with Crippen LogP contribution in [0.3, 0.4) is 0 Å². The lowest BCUT2D eigenvalue weighted by Crippen LogP contribution is -2.34. The molecule has 3 heterocycles. The summed E-state index contributed by atoms with van der Waals surface area (Å²) in [6, 6.07) is 10.1. The SMILES string of the molecule is CCCC(CC(C)N)CN(C)C(=O)c1cc(OC)c2c(c1)nc(-c1cc3cccnc3n1CC1CC1)n2C. The monoisotopic (exact) mass is 516 g/mol. The molecule has 1 aliphatic rings. The minimum absolute atomic E-state index is 0.0322. The molecule has 1 saturated carbocycles. The van der Waals surface area contributed by atoms with Crippen LogP contribution in [0.4, 0.5) is 0 Å². The molecule has 1 aliphatic carbocycles. The Balaban J connectivity index is 1.53. The van der Waals surface area contributed by atoms with Gasteiger partial charge in [0, 0.05) is 50.4 Å². The fraction of sp³-hybridized carbons (Fsp3) is 0.500. The summed E-state index contributed by atoms with van der Waals surface area (Å²) in [4.78, 5) is 25.1. The number of aryl methyl sites for hydroxylation is 1. The minimum atomic E-state index is -0.0322. The quantitative estimate of drug-likeness (QED) is 0.295. The van der Waals surface area contributed by atoms with E-state index in [1.165, 1.54) is 12.8 Å². The van der Waals surface area contributed by atoms with E-state index in [0.717, 1.165) is 59.4 Å². The summed E-state index contributed by atoms with van der Waals surface area (Å²) >= 11 is 0. The summed E-state index contributed by atoms with van der Waals surface area (Å²) in [6.07, 6.45) is 7.38. The standard InChI is InChI=1S/C30H40N6O2/c1-6-8-21(13-19(2)31)17-34(3)30(37)23-14-24-27(26(16-23)38-5)35(4)29(33-24)25-15-22-9-7-12-32-28(22)36(25)18-20-10-11-20/h7,9,12,14-16,19-21H,6,8,10-11,13,17-18,31H2,1-5H3. The van der Waals surface area contributed by atoms with E-state index < -0.39 is 0 Å². The highest BCUT2D eigenvalue weighted by Gasteiger charge is 2.27. The maximum atomic E-state index is 13.5. The smallest absolute Gasteiger partial charge is 0.253 e. The van der Waals surface area contributed by atoms with Gasteiger partial charge in [0.15, 0.2) is 5.82 Å². The fourth-order valence-corrected chi connectivity index (χ4v) is 5.74. The molecule has 1 amide bonds. The van der Waals surface area contributed by atoms with Gasteiger partial charge in [-0.15, -0.1) is 0 Å². The second-order valence-electron chi connectivity index (χ2n) is 11.1. The number of imidazole rings is 1. The third kappa shape index (κ3) is 5.14. The van der Waals surface area contributed by atoms with Gasteiger partial charge < -0.3 is 24.5 Å². The predicted molar refractivity (Wildman–Crippen MR) is 152 cm³/mol. The van der Waals surface area contributed by atoms with E-state index in [2.05, 4.69) is 33.2 Å². The first-order chi connectivity index (χ1) is 18.3. The summed E-state index contributed by atoms with van der Waals surface area (Å²) in [5, 5.41) is 1.10. The molecule has 8 heteroatoms. The van der Waals surface area contributed by atoms with Crippen molar-refractivity contribution in [1.82, 2.24) is 24.0 Å². The highest BCUT2D eigenvalue weighted by atomic mass is 16.5. The number of nitrogens with two attached hydrogens (primary N) is 1. The maximum absolute atomic E-state index is 13.5. The number of hydrogen-bond acceptors (Lipinski definition) is 5. The molecule has 1 fully saturated rings. The van der Waals surface area contributed by atoms with Crippen molar-refractivity contribution in [3.05, 3.63) is 42.1 Å². The molecule has 0 saturated heterocycles. The molecular weight excluding hydrogens is 476 g/mol. The van der Waals surface area contributed by atoms with Crippen LogP contribution in [0.15, 0.2) is 36.5 Å². The Morgan fingerprint density at radius 1 is 1.29 bits per heavy atom. The number of aromatic nitrogens is 4. The van der Waals surface area contributed by atoms with Crippen molar-refractivity contribution in [3.8, 4) is 17.3 Å². The van der Waals surface area contributed by atoms with Crippen molar-refractivity contribution in [1.29, 1.82) is 0 Å². The molecule has 202 valence electrons. The summed E-state index contributed by atoms with van der Waals surface area (Å²) in [5.74, 6) is 2.52. The van der Waals surface area contributed by atoms with E-state index in [4.69, 9.17) is 15.5 Å². The van der Waals surface area contributed by atoms with Gasteiger partial charge in [0.2, 0.25) is 0 Å². The summed E-state index contributed by atoms with van der Waals surface area (Å²) < 4.78 is 10.2. The topological polar surface area (TPSA) is 91.2 Å². The predicted octanol–water partition coefficient (Wildman–Crippen LogP) is 5.23. The van der Waals surface area contributed by atoms with Crippen molar-refractivity contribution in [2.75, 3.05) is 20.7 Å². The van der Waals surface area contributed by atoms with E-state index in [9.17, 15) is 4.79 Å². The van der Waals surface area contributed by atoms with Gasteiger partial charge in [-0.2, -0.15) is 0 Å². The average molecular weight is 517 g/mol. The van der Waals surface area contributed by atoms with Gasteiger partial charge in [-0.1, -0.05) is 13.3 Å². The lowest BCUT2D eigenvalue weighted by atomic mass is 9.95. The number of carbonyl (C=O) groups is 1. The number of rotatable bonds is 11. The lowest BCUT2D eigenvalue weighted by molar-refractivity contribution is 0.0765. The van der Waals surface area contributed by atoms with E-state index in [-0.39, 0.29) is 11.9 Å². The molecule has 0 spiro atoms. The average Bonchev–Trinajstić information content (AvgIpc) is 3.56. The van der Waals surface area contributed by atoms with Gasteiger partial charge in [0.1, 0.15) is 16.9 Å².